The van der Waals surface area contributed by atoms with E-state index in [4.69, 9.17) is 24.9 Å². The van der Waals surface area contributed by atoms with Gasteiger partial charge in [-0.3, -0.25) is 9.88 Å². The molecule has 0 bridgehead atoms. The summed E-state index contributed by atoms with van der Waals surface area (Å²) in [6.07, 6.45) is -3.78. The third kappa shape index (κ3) is 9.22. The topological polar surface area (TPSA) is 194 Å². The number of amides is 1. The van der Waals surface area contributed by atoms with Gasteiger partial charge in [-0.2, -0.15) is 4.31 Å². The average Bonchev–Trinajstić information content (AvgIpc) is 2.20. The Kier molecular flexibility index (Phi) is 7.30. The SMILES string of the molecule is O=C(CC[C@@H](O)[C@H](O)CO)NP(=O)(O)OP(=O)(O)O. The minimum atomic E-state index is -5.25. The Labute approximate surface area is 107 Å². The maximum atomic E-state index is 11.1. The fourth-order valence-corrected chi connectivity index (χ4v) is 2.71. The van der Waals surface area contributed by atoms with Gasteiger partial charge in [0.1, 0.15) is 6.10 Å². The van der Waals surface area contributed by atoms with E-state index in [0.717, 1.165) is 0 Å². The first-order chi connectivity index (χ1) is 8.47. The second-order valence-electron chi connectivity index (χ2n) is 3.48. The number of hydrogen-bond donors (Lipinski definition) is 7. The van der Waals surface area contributed by atoms with E-state index in [-0.39, 0.29) is 6.42 Å². The summed E-state index contributed by atoms with van der Waals surface area (Å²) in [7, 11) is -10.3. The van der Waals surface area contributed by atoms with E-state index >= 15 is 0 Å². The average molecular weight is 323 g/mol. The zero-order valence-corrected chi connectivity index (χ0v) is 11.3. The van der Waals surface area contributed by atoms with Crippen molar-refractivity contribution >= 4 is 21.5 Å². The lowest BCUT2D eigenvalue weighted by Gasteiger charge is -2.16. The van der Waals surface area contributed by atoms with E-state index in [1.165, 1.54) is 5.09 Å². The third-order valence-corrected chi connectivity index (χ3v) is 4.05. The van der Waals surface area contributed by atoms with Crippen LogP contribution >= 0.6 is 15.6 Å². The van der Waals surface area contributed by atoms with Gasteiger partial charge in [0.05, 0.1) is 12.7 Å². The molecule has 1 amide bonds. The zero-order chi connectivity index (χ0) is 15.3. The van der Waals surface area contributed by atoms with E-state index in [1.807, 2.05) is 0 Å². The molecule has 3 atom stereocenters. The summed E-state index contributed by atoms with van der Waals surface area (Å²) in [4.78, 5) is 36.6. The first-order valence-electron chi connectivity index (χ1n) is 4.84. The second kappa shape index (κ2) is 7.44. The summed E-state index contributed by atoms with van der Waals surface area (Å²) in [5.74, 6) is -1.14. The summed E-state index contributed by atoms with van der Waals surface area (Å²) in [5, 5.41) is 27.9. The van der Waals surface area contributed by atoms with Crippen LogP contribution in [0.15, 0.2) is 0 Å². The van der Waals surface area contributed by atoms with Gasteiger partial charge in [0.25, 0.3) is 0 Å². The number of aliphatic hydroxyl groups excluding tert-OH is 3. The summed E-state index contributed by atoms with van der Waals surface area (Å²) in [6.45, 7) is -0.734. The molecular formula is C6H15NO10P2. The largest absolute Gasteiger partial charge is 0.478 e. The molecule has 11 nitrogen and oxygen atoms in total. The molecule has 13 heteroatoms. The van der Waals surface area contributed by atoms with Crippen LogP contribution in [-0.2, 0) is 18.2 Å². The molecular weight excluding hydrogens is 308 g/mol. The van der Waals surface area contributed by atoms with Crippen LogP contribution in [0.25, 0.3) is 0 Å². The summed E-state index contributed by atoms with van der Waals surface area (Å²) in [5.41, 5.74) is 0. The van der Waals surface area contributed by atoms with Gasteiger partial charge >= 0.3 is 15.6 Å². The van der Waals surface area contributed by atoms with Gasteiger partial charge < -0.3 is 30.0 Å². The molecule has 0 saturated carbocycles. The maximum Gasteiger partial charge on any atom is 0.478 e. The summed E-state index contributed by atoms with van der Waals surface area (Å²) in [6, 6.07) is 0. The molecule has 0 aromatic heterocycles. The van der Waals surface area contributed by atoms with Crippen molar-refractivity contribution in [3.63, 3.8) is 0 Å². The molecule has 0 aliphatic rings. The van der Waals surface area contributed by atoms with E-state index in [1.54, 1.807) is 0 Å². The molecule has 19 heavy (non-hydrogen) atoms. The first-order valence-corrected chi connectivity index (χ1v) is 7.95. The van der Waals surface area contributed by atoms with Crippen molar-refractivity contribution in [2.75, 3.05) is 6.61 Å². The lowest BCUT2D eigenvalue weighted by atomic mass is 10.1. The van der Waals surface area contributed by atoms with Crippen molar-refractivity contribution in [2.45, 2.75) is 25.0 Å². The van der Waals surface area contributed by atoms with E-state index in [0.29, 0.717) is 0 Å². The molecule has 0 spiro atoms. The number of carbonyl (C=O) groups is 1. The number of carbonyl (C=O) groups excluding carboxylic acids is 1. The highest BCUT2D eigenvalue weighted by atomic mass is 31.3. The van der Waals surface area contributed by atoms with Crippen LogP contribution in [0, 0.1) is 0 Å². The number of phosphoric acid groups is 1. The summed E-state index contributed by atoms with van der Waals surface area (Å²) < 4.78 is 24.8. The molecule has 0 rings (SSSR count). The van der Waals surface area contributed by atoms with Gasteiger partial charge in [0.15, 0.2) is 0 Å². The van der Waals surface area contributed by atoms with Crippen molar-refractivity contribution in [3.8, 4) is 0 Å². The van der Waals surface area contributed by atoms with Gasteiger partial charge in [-0.05, 0) is 6.42 Å². The Morgan fingerprint density at radius 3 is 2.11 bits per heavy atom. The molecule has 0 aliphatic carbocycles. The van der Waals surface area contributed by atoms with Crippen molar-refractivity contribution in [2.24, 2.45) is 0 Å². The highest BCUT2D eigenvalue weighted by Gasteiger charge is 2.32. The minimum absolute atomic E-state index is 0.344. The fraction of sp³-hybridized carbons (Fsp3) is 0.833. The highest BCUT2D eigenvalue weighted by molar-refractivity contribution is 7.62. The Morgan fingerprint density at radius 2 is 1.68 bits per heavy atom. The number of aliphatic hydroxyl groups is 3. The molecule has 7 N–H and O–H groups in total. The molecule has 0 radical (unpaired) electrons. The van der Waals surface area contributed by atoms with Gasteiger partial charge in [-0.1, -0.05) is 0 Å². The van der Waals surface area contributed by atoms with Crippen LogP contribution in [0.4, 0.5) is 0 Å². The Balaban J connectivity index is 4.25. The van der Waals surface area contributed by atoms with Crippen LogP contribution in [0.3, 0.4) is 0 Å². The Hall–Kier alpha value is -0.350. The predicted molar refractivity (Wildman–Crippen MR) is 59.4 cm³/mol. The zero-order valence-electron chi connectivity index (χ0n) is 9.49. The van der Waals surface area contributed by atoms with Crippen molar-refractivity contribution in [3.05, 3.63) is 0 Å². The third-order valence-electron chi connectivity index (χ3n) is 1.78. The molecule has 114 valence electrons. The Bertz CT molecular complexity index is 393. The van der Waals surface area contributed by atoms with Crippen LogP contribution < -0.4 is 5.09 Å². The van der Waals surface area contributed by atoms with Gasteiger partial charge in [-0.15, -0.1) is 0 Å². The van der Waals surface area contributed by atoms with E-state index in [9.17, 15) is 19.0 Å². The van der Waals surface area contributed by atoms with Gasteiger partial charge in [-0.25, -0.2) is 9.13 Å². The standard InChI is InChI=1S/C6H15NO10P2/c8-3-5(10)4(9)1-2-6(11)7-18(12,13)17-19(14,15)16/h4-5,8-10H,1-3H2,(H2,14,15,16)(H2,7,11,12,13)/t4-,5-/m1/s1. The quantitative estimate of drug-likeness (QED) is 0.241. The molecule has 1 unspecified atom stereocenters. The summed E-state index contributed by atoms with van der Waals surface area (Å²) >= 11 is 0. The number of nitrogens with one attached hydrogen (secondary N) is 1. The highest BCUT2D eigenvalue weighted by Crippen LogP contribution is 2.54. The van der Waals surface area contributed by atoms with Crippen LogP contribution in [0.5, 0.6) is 0 Å². The smallest absolute Gasteiger partial charge is 0.394 e. The van der Waals surface area contributed by atoms with E-state index in [2.05, 4.69) is 4.31 Å². The molecule has 0 aromatic carbocycles. The molecule has 0 aromatic rings. The lowest BCUT2D eigenvalue weighted by molar-refractivity contribution is -0.120. The minimum Gasteiger partial charge on any atom is -0.394 e. The van der Waals surface area contributed by atoms with Gasteiger partial charge in [0.2, 0.25) is 5.91 Å². The molecule has 0 aliphatic heterocycles. The van der Waals surface area contributed by atoms with E-state index < -0.39 is 46.7 Å². The van der Waals surface area contributed by atoms with Crippen LogP contribution in [0.2, 0.25) is 0 Å². The predicted octanol–water partition coefficient (Wildman–Crippen LogP) is -2.19. The van der Waals surface area contributed by atoms with Crippen LogP contribution in [-0.4, -0.2) is 54.7 Å². The number of hydrogen-bond acceptors (Lipinski definition) is 7. The molecule has 0 saturated heterocycles. The maximum absolute atomic E-state index is 11.1. The fourth-order valence-electron chi connectivity index (χ4n) is 0.971. The Morgan fingerprint density at radius 1 is 1.16 bits per heavy atom. The number of rotatable bonds is 8. The molecule has 0 fully saturated rings. The first kappa shape index (κ1) is 18.7. The second-order valence-corrected chi connectivity index (χ2v) is 6.38. The normalized spacial score (nSPS) is 18.4. The van der Waals surface area contributed by atoms with Crippen molar-refractivity contribution < 1.29 is 48.2 Å². The van der Waals surface area contributed by atoms with Crippen molar-refractivity contribution in [1.82, 2.24) is 5.09 Å². The van der Waals surface area contributed by atoms with Crippen LogP contribution in [0.1, 0.15) is 12.8 Å². The lowest BCUT2D eigenvalue weighted by Crippen LogP contribution is -2.31. The molecule has 0 heterocycles. The van der Waals surface area contributed by atoms with Gasteiger partial charge in [0, 0.05) is 6.42 Å². The monoisotopic (exact) mass is 323 g/mol. The van der Waals surface area contributed by atoms with Crippen molar-refractivity contribution in [1.29, 1.82) is 0 Å².